The Kier molecular flexibility index (Phi) is 6.66. The van der Waals surface area contributed by atoms with Gasteiger partial charge in [0.05, 0.1) is 12.2 Å². The monoisotopic (exact) mass is 455 g/mol. The van der Waals surface area contributed by atoms with Crippen molar-refractivity contribution in [2.45, 2.75) is 39.9 Å². The van der Waals surface area contributed by atoms with E-state index in [0.29, 0.717) is 29.8 Å². The molecule has 32 heavy (non-hydrogen) atoms. The molecule has 168 valence electrons. The largest absolute Gasteiger partial charge is 0.449 e. The normalized spacial score (nSPS) is 17.4. The van der Waals surface area contributed by atoms with Gasteiger partial charge in [-0.15, -0.1) is 10.2 Å². The molecule has 9 nitrogen and oxygen atoms in total. The molecule has 1 aromatic carbocycles. The highest BCUT2D eigenvalue weighted by atomic mass is 35.5. The Morgan fingerprint density at radius 2 is 2.12 bits per heavy atom. The number of oxazole rings is 1. The number of piperazine rings is 1. The number of benzene rings is 1. The van der Waals surface area contributed by atoms with Crippen LogP contribution in [-0.2, 0) is 17.9 Å². The van der Waals surface area contributed by atoms with Crippen molar-refractivity contribution in [3.8, 4) is 0 Å². The van der Waals surface area contributed by atoms with Crippen molar-refractivity contribution in [3.05, 3.63) is 64.1 Å². The summed E-state index contributed by atoms with van der Waals surface area (Å²) >= 11 is 6.18. The van der Waals surface area contributed by atoms with Crippen LogP contribution in [0.4, 0.5) is 0 Å². The zero-order valence-corrected chi connectivity index (χ0v) is 19.2. The first-order valence-electron chi connectivity index (χ1n) is 10.5. The van der Waals surface area contributed by atoms with Crippen molar-refractivity contribution in [3.63, 3.8) is 0 Å². The topological polar surface area (TPSA) is 93.2 Å². The van der Waals surface area contributed by atoms with E-state index in [9.17, 15) is 4.79 Å². The fraction of sp³-hybridized carbons (Fsp3) is 0.409. The van der Waals surface area contributed by atoms with Crippen LogP contribution in [0.15, 0.2) is 35.0 Å². The zero-order chi connectivity index (χ0) is 22.7. The van der Waals surface area contributed by atoms with E-state index in [0.717, 1.165) is 36.5 Å². The highest BCUT2D eigenvalue weighted by Crippen LogP contribution is 2.19. The van der Waals surface area contributed by atoms with E-state index in [1.54, 1.807) is 19.3 Å². The van der Waals surface area contributed by atoms with Crippen LogP contribution in [0, 0.1) is 13.8 Å². The number of amides is 1. The summed E-state index contributed by atoms with van der Waals surface area (Å²) in [5.41, 5.74) is 2.73. The number of hydrogen-bond donors (Lipinski definition) is 0. The molecule has 2 aromatic heterocycles. The highest BCUT2D eigenvalue weighted by molar-refractivity contribution is 6.30. The first-order chi connectivity index (χ1) is 15.4. The van der Waals surface area contributed by atoms with Gasteiger partial charge in [0.25, 0.3) is 0 Å². The third-order valence-electron chi connectivity index (χ3n) is 5.42. The van der Waals surface area contributed by atoms with Crippen molar-refractivity contribution in [1.82, 2.24) is 35.0 Å². The van der Waals surface area contributed by atoms with Gasteiger partial charge >= 0.3 is 0 Å². The molecule has 4 rings (SSSR count). The molecule has 0 unspecified atom stereocenters. The molecular weight excluding hydrogens is 430 g/mol. The number of carbonyl (C=O) groups excluding carboxylic acids is 1. The molecule has 1 atom stereocenters. The Morgan fingerprint density at radius 1 is 1.28 bits per heavy atom. The maximum atomic E-state index is 12.9. The van der Waals surface area contributed by atoms with E-state index in [4.69, 9.17) is 16.0 Å². The van der Waals surface area contributed by atoms with Crippen molar-refractivity contribution in [2.75, 3.05) is 19.6 Å². The summed E-state index contributed by atoms with van der Waals surface area (Å²) in [6.45, 7) is 9.08. The Morgan fingerprint density at radius 3 is 2.81 bits per heavy atom. The summed E-state index contributed by atoms with van der Waals surface area (Å²) in [5, 5.41) is 12.8. The van der Waals surface area contributed by atoms with Crippen LogP contribution in [0.5, 0.6) is 0 Å². The van der Waals surface area contributed by atoms with E-state index < -0.39 is 0 Å². The number of hydrogen-bond acceptors (Lipinski definition) is 7. The van der Waals surface area contributed by atoms with E-state index in [-0.39, 0.29) is 11.9 Å². The second-order valence-corrected chi connectivity index (χ2v) is 8.45. The molecule has 3 heterocycles. The molecule has 0 bridgehead atoms. The van der Waals surface area contributed by atoms with Gasteiger partial charge in [-0.2, -0.15) is 4.80 Å². The van der Waals surface area contributed by atoms with Crippen LogP contribution < -0.4 is 0 Å². The standard InChI is InChI=1S/C22H26ClN7O2/c1-15-11-28(13-21-14-32-17(3)24-21)8-9-29(15)22(31)7-5-18-4-6-20(23)10-19(18)12-30-26-16(2)25-27-30/h4-7,10,14-15H,8-9,11-13H2,1-3H3/b7-5+/t15-/m1/s1. The quantitative estimate of drug-likeness (QED) is 0.527. The van der Waals surface area contributed by atoms with Crippen LogP contribution >= 0.6 is 11.6 Å². The number of aromatic nitrogens is 5. The Bertz CT molecular complexity index is 1120. The van der Waals surface area contributed by atoms with Gasteiger partial charge in [-0.05, 0) is 48.4 Å². The number of carbonyl (C=O) groups is 1. The first-order valence-corrected chi connectivity index (χ1v) is 10.9. The number of rotatable bonds is 6. The van der Waals surface area contributed by atoms with E-state index >= 15 is 0 Å². The van der Waals surface area contributed by atoms with Crippen LogP contribution in [-0.4, -0.2) is 66.6 Å². The van der Waals surface area contributed by atoms with Gasteiger partial charge in [-0.25, -0.2) is 4.98 Å². The summed E-state index contributed by atoms with van der Waals surface area (Å²) in [7, 11) is 0. The third-order valence-corrected chi connectivity index (χ3v) is 5.66. The van der Waals surface area contributed by atoms with Crippen molar-refractivity contribution in [1.29, 1.82) is 0 Å². The summed E-state index contributed by atoms with van der Waals surface area (Å²) in [4.78, 5) is 23.0. The minimum Gasteiger partial charge on any atom is -0.449 e. The lowest BCUT2D eigenvalue weighted by molar-refractivity contribution is -0.130. The number of nitrogens with zero attached hydrogens (tertiary/aromatic N) is 7. The summed E-state index contributed by atoms with van der Waals surface area (Å²) in [6, 6.07) is 5.66. The van der Waals surface area contributed by atoms with Crippen molar-refractivity contribution in [2.24, 2.45) is 0 Å². The lowest BCUT2D eigenvalue weighted by Crippen LogP contribution is -2.53. The first kappa shape index (κ1) is 22.2. The number of aryl methyl sites for hydroxylation is 2. The van der Waals surface area contributed by atoms with E-state index in [2.05, 4.69) is 32.2 Å². The van der Waals surface area contributed by atoms with Crippen LogP contribution in [0.25, 0.3) is 6.08 Å². The molecule has 0 radical (unpaired) electrons. The number of tetrazole rings is 1. The molecule has 0 N–H and O–H groups in total. The van der Waals surface area contributed by atoms with Gasteiger partial charge in [0.15, 0.2) is 11.7 Å². The minimum absolute atomic E-state index is 0.00921. The third kappa shape index (κ3) is 5.41. The molecule has 1 saturated heterocycles. The average molecular weight is 456 g/mol. The van der Waals surface area contributed by atoms with Gasteiger partial charge in [-0.1, -0.05) is 17.7 Å². The fourth-order valence-electron chi connectivity index (χ4n) is 3.89. The summed E-state index contributed by atoms with van der Waals surface area (Å²) in [6.07, 6.45) is 5.15. The molecule has 1 amide bonds. The van der Waals surface area contributed by atoms with Gasteiger partial charge in [0.2, 0.25) is 5.91 Å². The lowest BCUT2D eigenvalue weighted by atomic mass is 10.1. The molecule has 3 aromatic rings. The average Bonchev–Trinajstić information content (AvgIpc) is 3.34. The highest BCUT2D eigenvalue weighted by Gasteiger charge is 2.26. The molecular formula is C22H26ClN7O2. The fourth-order valence-corrected chi connectivity index (χ4v) is 4.08. The maximum absolute atomic E-state index is 12.9. The summed E-state index contributed by atoms with van der Waals surface area (Å²) < 4.78 is 5.29. The van der Waals surface area contributed by atoms with Gasteiger partial charge in [0.1, 0.15) is 6.26 Å². The smallest absolute Gasteiger partial charge is 0.246 e. The van der Waals surface area contributed by atoms with Gasteiger partial charge in [0, 0.05) is 50.2 Å². The lowest BCUT2D eigenvalue weighted by Gasteiger charge is -2.39. The van der Waals surface area contributed by atoms with Crippen LogP contribution in [0.2, 0.25) is 5.02 Å². The molecule has 1 aliphatic rings. The maximum Gasteiger partial charge on any atom is 0.246 e. The second-order valence-electron chi connectivity index (χ2n) is 8.02. The molecule has 0 spiro atoms. The zero-order valence-electron chi connectivity index (χ0n) is 18.4. The SMILES string of the molecule is Cc1nnn(Cc2cc(Cl)ccc2/C=C/C(=O)N2CCN(Cc3coc(C)n3)C[C@H]2C)n1. The predicted octanol–water partition coefficient (Wildman–Crippen LogP) is 2.73. The van der Waals surface area contributed by atoms with Crippen LogP contribution in [0.1, 0.15) is 35.5 Å². The van der Waals surface area contributed by atoms with Crippen molar-refractivity contribution >= 4 is 23.6 Å². The van der Waals surface area contributed by atoms with E-state index in [1.807, 2.05) is 36.1 Å². The molecule has 1 fully saturated rings. The molecule has 1 aliphatic heterocycles. The Labute approximate surface area is 191 Å². The van der Waals surface area contributed by atoms with Gasteiger partial charge < -0.3 is 9.32 Å². The van der Waals surface area contributed by atoms with Crippen LogP contribution in [0.3, 0.4) is 0 Å². The Balaban J connectivity index is 1.40. The van der Waals surface area contributed by atoms with E-state index in [1.165, 1.54) is 4.80 Å². The minimum atomic E-state index is -0.00921. The molecule has 10 heteroatoms. The summed E-state index contributed by atoms with van der Waals surface area (Å²) in [5.74, 6) is 1.26. The molecule has 0 aliphatic carbocycles. The Hall–Kier alpha value is -3.04. The van der Waals surface area contributed by atoms with Gasteiger partial charge in [-0.3, -0.25) is 9.69 Å². The predicted molar refractivity (Wildman–Crippen MR) is 120 cm³/mol. The molecule has 0 saturated carbocycles. The number of halogens is 1. The second kappa shape index (κ2) is 9.62. The van der Waals surface area contributed by atoms with Crippen molar-refractivity contribution < 1.29 is 9.21 Å².